The normalized spacial score (nSPS) is 27.4. The monoisotopic (exact) mass is 500 g/mol. The van der Waals surface area contributed by atoms with Crippen LogP contribution in [0, 0.1) is 0 Å². The molecule has 0 saturated carbocycles. The van der Waals surface area contributed by atoms with E-state index in [1.807, 2.05) is 6.07 Å². The van der Waals surface area contributed by atoms with Crippen molar-refractivity contribution >= 4 is 23.8 Å². The van der Waals surface area contributed by atoms with Crippen LogP contribution in [-0.4, -0.2) is 41.9 Å². The first-order valence-corrected chi connectivity index (χ1v) is 13.0. The van der Waals surface area contributed by atoms with E-state index in [9.17, 15) is 9.59 Å². The zero-order valence-corrected chi connectivity index (χ0v) is 21.2. The molecule has 0 spiro atoms. The van der Waals surface area contributed by atoms with Crippen LogP contribution in [0.1, 0.15) is 84.2 Å². The first-order valence-electron chi connectivity index (χ1n) is 13.0. The van der Waals surface area contributed by atoms with Gasteiger partial charge in [0.2, 0.25) is 5.91 Å². The Morgan fingerprint density at radius 2 is 1.97 bits per heavy atom. The van der Waals surface area contributed by atoms with Gasteiger partial charge in [0.05, 0.1) is 36.9 Å². The van der Waals surface area contributed by atoms with E-state index >= 15 is 0 Å². The first-order chi connectivity index (χ1) is 17.8. The molecule has 0 radical (unpaired) electrons. The van der Waals surface area contributed by atoms with Crippen LogP contribution in [0.2, 0.25) is 0 Å². The number of carbonyl (C=O) groups is 2. The molecule has 0 fully saturated rings. The van der Waals surface area contributed by atoms with Crippen molar-refractivity contribution in [3.63, 3.8) is 0 Å². The number of nitrogens with zero attached hydrogens (tertiary/aromatic N) is 2. The highest BCUT2D eigenvalue weighted by Gasteiger charge is 2.38. The lowest BCUT2D eigenvalue weighted by Crippen LogP contribution is -2.50. The molecule has 2 aromatic rings. The van der Waals surface area contributed by atoms with Crippen LogP contribution >= 0.6 is 0 Å². The lowest BCUT2D eigenvalue weighted by molar-refractivity contribution is -0.130. The number of hydrogen-bond donors (Lipinski definition) is 2. The summed E-state index contributed by atoms with van der Waals surface area (Å²) in [5.74, 6) is 0.645. The Labute approximate surface area is 216 Å². The van der Waals surface area contributed by atoms with Gasteiger partial charge in [-0.3, -0.25) is 14.5 Å². The van der Waals surface area contributed by atoms with E-state index in [1.165, 1.54) is 0 Å². The highest BCUT2D eigenvalue weighted by atomic mass is 16.5. The number of carbonyl (C=O) groups excluding carboxylic acids is 2. The van der Waals surface area contributed by atoms with Crippen molar-refractivity contribution in [3.8, 4) is 5.75 Å². The second-order valence-electron chi connectivity index (χ2n) is 10.7. The van der Waals surface area contributed by atoms with Gasteiger partial charge in [-0.1, -0.05) is 24.3 Å². The molecule has 5 heterocycles. The van der Waals surface area contributed by atoms with Gasteiger partial charge in [-0.25, -0.2) is 4.99 Å². The Morgan fingerprint density at radius 1 is 1.11 bits per heavy atom. The van der Waals surface area contributed by atoms with E-state index < -0.39 is 5.60 Å². The van der Waals surface area contributed by atoms with Crippen molar-refractivity contribution in [2.75, 3.05) is 13.2 Å². The lowest BCUT2D eigenvalue weighted by atomic mass is 9.85. The van der Waals surface area contributed by atoms with Crippen LogP contribution in [0.3, 0.4) is 0 Å². The van der Waals surface area contributed by atoms with Gasteiger partial charge in [0.1, 0.15) is 5.75 Å². The standard InChI is InChI=1S/C29H32N4O4/c1-29(2)22-9-7-17-5-3-4-6-19-15-26(34)33(28(30)31-19)24-11-12-36-25-10-8-18(14-21(24)25)27(35)32-23(16-37-29)20(22)13-17/h3,5,7-10,13-14,19,23-24H,4,6,11-12,15-16H2,1-2H3,(H2,30,31)(H,32,35)/b5-3+/t19?,23?,24-/m1/s1. The number of nitrogens with two attached hydrogens (primary N) is 1. The minimum Gasteiger partial charge on any atom is -0.493 e. The number of guanidine groups is 1. The molecule has 37 heavy (non-hydrogen) atoms. The Bertz CT molecular complexity index is 1330. The topological polar surface area (TPSA) is 106 Å². The summed E-state index contributed by atoms with van der Waals surface area (Å²) in [7, 11) is 0. The predicted octanol–water partition coefficient (Wildman–Crippen LogP) is 3.97. The van der Waals surface area contributed by atoms with Crippen molar-refractivity contribution in [2.45, 2.75) is 63.3 Å². The number of rotatable bonds is 0. The molecule has 0 aromatic heterocycles. The van der Waals surface area contributed by atoms with Gasteiger partial charge in [0.15, 0.2) is 5.96 Å². The molecule has 3 N–H and O–H groups in total. The number of ether oxygens (including phenoxy) is 2. The van der Waals surface area contributed by atoms with Crippen molar-refractivity contribution < 1.29 is 19.1 Å². The Morgan fingerprint density at radius 3 is 2.81 bits per heavy atom. The maximum absolute atomic E-state index is 13.5. The van der Waals surface area contributed by atoms with Gasteiger partial charge in [-0.2, -0.15) is 0 Å². The van der Waals surface area contributed by atoms with Crippen LogP contribution < -0.4 is 15.8 Å². The highest BCUT2D eigenvalue weighted by molar-refractivity contribution is 5.99. The molecular weight excluding hydrogens is 468 g/mol. The van der Waals surface area contributed by atoms with Crippen molar-refractivity contribution in [1.29, 1.82) is 0 Å². The van der Waals surface area contributed by atoms with Crippen LogP contribution in [0.5, 0.6) is 5.75 Å². The molecule has 7 rings (SSSR count). The third-order valence-corrected chi connectivity index (χ3v) is 7.82. The average Bonchev–Trinajstić information content (AvgIpc) is 2.87. The molecule has 8 heteroatoms. The number of benzene rings is 2. The molecule has 2 aromatic carbocycles. The lowest BCUT2D eigenvalue weighted by Gasteiger charge is -2.38. The van der Waals surface area contributed by atoms with Gasteiger partial charge in [-0.15, -0.1) is 0 Å². The molecular formula is C29H32N4O4. The third kappa shape index (κ3) is 4.29. The molecule has 2 unspecified atom stereocenters. The fourth-order valence-corrected chi connectivity index (χ4v) is 5.86. The van der Waals surface area contributed by atoms with E-state index in [2.05, 4.69) is 54.5 Å². The summed E-state index contributed by atoms with van der Waals surface area (Å²) in [6, 6.07) is 10.9. The highest BCUT2D eigenvalue weighted by Crippen LogP contribution is 2.40. The molecule has 8 nitrogen and oxygen atoms in total. The van der Waals surface area contributed by atoms with Gasteiger partial charge < -0.3 is 20.5 Å². The Hall–Kier alpha value is -3.65. The van der Waals surface area contributed by atoms with Gasteiger partial charge in [0, 0.05) is 24.0 Å². The van der Waals surface area contributed by atoms with Crippen LogP contribution in [-0.2, 0) is 15.1 Å². The minimum atomic E-state index is -0.440. The zero-order chi connectivity index (χ0) is 25.7. The second-order valence-corrected chi connectivity index (χ2v) is 10.7. The molecule has 5 aliphatic rings. The van der Waals surface area contributed by atoms with E-state index in [1.54, 1.807) is 17.0 Å². The third-order valence-electron chi connectivity index (χ3n) is 7.82. The van der Waals surface area contributed by atoms with Crippen LogP contribution in [0.4, 0.5) is 0 Å². The predicted molar refractivity (Wildman–Crippen MR) is 140 cm³/mol. The number of allylic oxidation sites excluding steroid dienone is 1. The quantitative estimate of drug-likeness (QED) is 0.569. The van der Waals surface area contributed by atoms with Crippen LogP contribution in [0.25, 0.3) is 6.08 Å². The second kappa shape index (κ2) is 9.03. The molecule has 192 valence electrons. The molecule has 5 aliphatic heterocycles. The Balaban J connectivity index is 1.44. The Kier molecular flexibility index (Phi) is 5.79. The number of nitrogens with one attached hydrogen (secondary N) is 1. The molecule has 2 amide bonds. The van der Waals surface area contributed by atoms with Crippen molar-refractivity contribution in [2.24, 2.45) is 10.7 Å². The molecule has 3 atom stereocenters. The maximum atomic E-state index is 13.5. The molecule has 0 aliphatic carbocycles. The summed E-state index contributed by atoms with van der Waals surface area (Å²) in [6.07, 6.45) is 6.62. The number of amides is 2. The minimum absolute atomic E-state index is 0.0440. The summed E-state index contributed by atoms with van der Waals surface area (Å²) in [4.78, 5) is 33.0. The molecule has 6 bridgehead atoms. The average molecular weight is 501 g/mol. The van der Waals surface area contributed by atoms with Crippen molar-refractivity contribution in [3.05, 3.63) is 70.3 Å². The van der Waals surface area contributed by atoms with E-state index in [4.69, 9.17) is 15.2 Å². The summed E-state index contributed by atoms with van der Waals surface area (Å²) in [6.45, 7) is 4.95. The first kappa shape index (κ1) is 23.7. The van der Waals surface area contributed by atoms with Gasteiger partial charge >= 0.3 is 0 Å². The van der Waals surface area contributed by atoms with Crippen LogP contribution in [0.15, 0.2) is 47.5 Å². The zero-order valence-electron chi connectivity index (χ0n) is 21.2. The van der Waals surface area contributed by atoms with Gasteiger partial charge in [0.25, 0.3) is 5.91 Å². The van der Waals surface area contributed by atoms with E-state index in [-0.39, 0.29) is 35.9 Å². The number of aliphatic imine (C=N–C) groups is 1. The van der Waals surface area contributed by atoms with E-state index in [0.29, 0.717) is 37.4 Å². The number of hydrogen-bond acceptors (Lipinski definition) is 6. The van der Waals surface area contributed by atoms with E-state index in [0.717, 1.165) is 35.1 Å². The molecule has 0 saturated heterocycles. The number of fused-ring (bicyclic) bond motifs is 4. The smallest absolute Gasteiger partial charge is 0.251 e. The van der Waals surface area contributed by atoms with Crippen molar-refractivity contribution in [1.82, 2.24) is 10.2 Å². The maximum Gasteiger partial charge on any atom is 0.251 e. The summed E-state index contributed by atoms with van der Waals surface area (Å²) in [5.41, 5.74) is 10.4. The SMILES string of the molecule is CC1(C)OCC2NC(=O)c3ccc4c(c3)[C@@H](CCO4)N3C(=O)CC(CC/C=C/c4ccc1c2c4)N=C3N. The largest absolute Gasteiger partial charge is 0.493 e. The summed E-state index contributed by atoms with van der Waals surface area (Å²) >= 11 is 0. The fourth-order valence-electron chi connectivity index (χ4n) is 5.86. The summed E-state index contributed by atoms with van der Waals surface area (Å²) in [5, 5.41) is 3.18. The van der Waals surface area contributed by atoms with Gasteiger partial charge in [-0.05, 0) is 67.6 Å². The summed E-state index contributed by atoms with van der Waals surface area (Å²) < 4.78 is 12.0. The fraction of sp³-hybridized carbons (Fsp3) is 0.414.